The van der Waals surface area contributed by atoms with Crippen molar-refractivity contribution in [3.8, 4) is 11.8 Å². The molecule has 0 saturated carbocycles. The lowest BCUT2D eigenvalue weighted by molar-refractivity contribution is -0.139. The van der Waals surface area contributed by atoms with E-state index in [2.05, 4.69) is 16.6 Å². The molecule has 0 fully saturated rings. The van der Waals surface area contributed by atoms with E-state index in [4.69, 9.17) is 5.11 Å². The van der Waals surface area contributed by atoms with E-state index in [0.29, 0.717) is 0 Å². The van der Waals surface area contributed by atoms with Gasteiger partial charge in [-0.1, -0.05) is 24.0 Å². The summed E-state index contributed by atoms with van der Waals surface area (Å²) in [5, 5.41) is 9.07. The first-order valence-electron chi connectivity index (χ1n) is 4.94. The van der Waals surface area contributed by atoms with Gasteiger partial charge in [0.15, 0.2) is 0 Å². The van der Waals surface area contributed by atoms with E-state index >= 15 is 0 Å². The van der Waals surface area contributed by atoms with Crippen LogP contribution in [0.1, 0.15) is 23.1 Å². The molecule has 0 spiro atoms. The average Bonchev–Trinajstić information content (AvgIpc) is 2.31. The minimum absolute atomic E-state index is 0.00163. The van der Waals surface area contributed by atoms with Crippen LogP contribution in [0.15, 0.2) is 18.2 Å². The van der Waals surface area contributed by atoms with E-state index in [-0.39, 0.29) is 19.0 Å². The van der Waals surface area contributed by atoms with Gasteiger partial charge in [-0.2, -0.15) is 0 Å². The Kier molecular flexibility index (Phi) is 4.56. The molecule has 3 nitrogen and oxygen atoms in total. The van der Waals surface area contributed by atoms with Crippen LogP contribution in [0.3, 0.4) is 0 Å². The lowest BCUT2D eigenvalue weighted by Crippen LogP contribution is -1.97. The van der Waals surface area contributed by atoms with E-state index in [0.717, 1.165) is 16.7 Å². The standard InChI is InChI=1S/C13H14O3/c1-10-11(5-3-7-12(10)9-14)6-4-8-13(15)16-2/h3,5,7,14H,8-9H2,1-2H3. The summed E-state index contributed by atoms with van der Waals surface area (Å²) < 4.78 is 4.48. The lowest BCUT2D eigenvalue weighted by atomic mass is 10.0. The normalized spacial score (nSPS) is 9.19. The Morgan fingerprint density at radius 1 is 1.50 bits per heavy atom. The second-order valence-electron chi connectivity index (χ2n) is 3.30. The van der Waals surface area contributed by atoms with Gasteiger partial charge in [-0.3, -0.25) is 4.79 Å². The topological polar surface area (TPSA) is 46.5 Å². The summed E-state index contributed by atoms with van der Waals surface area (Å²) in [6.45, 7) is 1.89. The molecule has 3 heteroatoms. The molecule has 0 aromatic heterocycles. The third-order valence-electron chi connectivity index (χ3n) is 2.30. The summed E-state index contributed by atoms with van der Waals surface area (Å²) in [5.74, 6) is 5.29. The Morgan fingerprint density at radius 2 is 2.25 bits per heavy atom. The van der Waals surface area contributed by atoms with Crippen molar-refractivity contribution >= 4 is 5.97 Å². The maximum Gasteiger partial charge on any atom is 0.317 e. The molecule has 16 heavy (non-hydrogen) atoms. The number of benzene rings is 1. The first kappa shape index (κ1) is 12.3. The smallest absolute Gasteiger partial charge is 0.317 e. The fourth-order valence-electron chi connectivity index (χ4n) is 1.27. The highest BCUT2D eigenvalue weighted by molar-refractivity contribution is 5.72. The van der Waals surface area contributed by atoms with Gasteiger partial charge in [0.2, 0.25) is 0 Å². The third-order valence-corrected chi connectivity index (χ3v) is 2.30. The number of carbonyl (C=O) groups is 1. The van der Waals surface area contributed by atoms with Crippen LogP contribution in [0.5, 0.6) is 0 Å². The molecule has 1 aromatic rings. The van der Waals surface area contributed by atoms with E-state index in [1.165, 1.54) is 7.11 Å². The van der Waals surface area contributed by atoms with Gasteiger partial charge in [-0.25, -0.2) is 0 Å². The molecule has 0 aliphatic rings. The molecule has 0 saturated heterocycles. The quantitative estimate of drug-likeness (QED) is 0.603. The molecule has 0 aliphatic heterocycles. The number of carbonyl (C=O) groups excluding carboxylic acids is 1. The van der Waals surface area contributed by atoms with Crippen LogP contribution >= 0.6 is 0 Å². The Bertz CT molecular complexity index is 438. The Labute approximate surface area is 95.1 Å². The van der Waals surface area contributed by atoms with Gasteiger partial charge in [0.1, 0.15) is 6.42 Å². The second-order valence-corrected chi connectivity index (χ2v) is 3.30. The van der Waals surface area contributed by atoms with Crippen molar-refractivity contribution in [2.45, 2.75) is 20.0 Å². The molecule has 0 aliphatic carbocycles. The van der Waals surface area contributed by atoms with E-state index in [1.807, 2.05) is 25.1 Å². The van der Waals surface area contributed by atoms with Gasteiger partial charge in [0, 0.05) is 5.56 Å². The van der Waals surface area contributed by atoms with E-state index in [9.17, 15) is 4.79 Å². The second kappa shape index (κ2) is 5.94. The highest BCUT2D eigenvalue weighted by atomic mass is 16.5. The summed E-state index contributed by atoms with van der Waals surface area (Å²) in [5.41, 5.74) is 2.63. The van der Waals surface area contributed by atoms with Crippen molar-refractivity contribution in [2.24, 2.45) is 0 Å². The molecule has 0 bridgehead atoms. The summed E-state index contributed by atoms with van der Waals surface area (Å²) in [4.78, 5) is 10.8. The highest BCUT2D eigenvalue weighted by Gasteiger charge is 2.00. The summed E-state index contributed by atoms with van der Waals surface area (Å²) in [6.07, 6.45) is 0.0826. The summed E-state index contributed by atoms with van der Waals surface area (Å²) in [6, 6.07) is 5.54. The van der Waals surface area contributed by atoms with Crippen LogP contribution in [-0.4, -0.2) is 18.2 Å². The Morgan fingerprint density at radius 3 is 2.88 bits per heavy atom. The molecule has 0 radical (unpaired) electrons. The number of esters is 1. The Hall–Kier alpha value is -1.79. The molecule has 0 atom stereocenters. The van der Waals surface area contributed by atoms with Gasteiger partial charge in [0.25, 0.3) is 0 Å². The first-order valence-corrected chi connectivity index (χ1v) is 4.94. The van der Waals surface area contributed by atoms with Crippen LogP contribution in [0.25, 0.3) is 0 Å². The predicted molar refractivity (Wildman–Crippen MR) is 60.6 cm³/mol. The third kappa shape index (κ3) is 3.11. The van der Waals surface area contributed by atoms with Gasteiger partial charge in [0.05, 0.1) is 13.7 Å². The number of aliphatic hydroxyl groups excluding tert-OH is 1. The Balaban J connectivity index is 2.85. The van der Waals surface area contributed by atoms with Crippen molar-refractivity contribution in [1.82, 2.24) is 0 Å². The first-order chi connectivity index (χ1) is 7.69. The van der Waals surface area contributed by atoms with Crippen LogP contribution in [-0.2, 0) is 16.1 Å². The number of ether oxygens (including phenoxy) is 1. The van der Waals surface area contributed by atoms with Gasteiger partial charge in [-0.15, -0.1) is 0 Å². The number of hydrogen-bond donors (Lipinski definition) is 1. The molecular weight excluding hydrogens is 204 g/mol. The van der Waals surface area contributed by atoms with Crippen LogP contribution in [0, 0.1) is 18.8 Å². The van der Waals surface area contributed by atoms with Gasteiger partial charge >= 0.3 is 5.97 Å². The fraction of sp³-hybridized carbons (Fsp3) is 0.308. The number of methoxy groups -OCH3 is 1. The average molecular weight is 218 g/mol. The van der Waals surface area contributed by atoms with E-state index < -0.39 is 0 Å². The van der Waals surface area contributed by atoms with Gasteiger partial charge < -0.3 is 9.84 Å². The van der Waals surface area contributed by atoms with Crippen LogP contribution in [0.4, 0.5) is 0 Å². The largest absolute Gasteiger partial charge is 0.468 e. The predicted octanol–water partition coefficient (Wildman–Crippen LogP) is 1.40. The van der Waals surface area contributed by atoms with Crippen LogP contribution < -0.4 is 0 Å². The molecule has 1 N–H and O–H groups in total. The molecule has 1 aromatic carbocycles. The molecule has 0 amide bonds. The summed E-state index contributed by atoms with van der Waals surface area (Å²) in [7, 11) is 1.33. The molecule has 0 unspecified atom stereocenters. The van der Waals surface area contributed by atoms with Crippen LogP contribution in [0.2, 0.25) is 0 Å². The zero-order valence-electron chi connectivity index (χ0n) is 9.41. The number of aliphatic hydroxyl groups is 1. The van der Waals surface area contributed by atoms with Crippen molar-refractivity contribution in [3.63, 3.8) is 0 Å². The van der Waals surface area contributed by atoms with Crippen molar-refractivity contribution < 1.29 is 14.6 Å². The molecule has 0 heterocycles. The molecular formula is C13H14O3. The zero-order valence-corrected chi connectivity index (χ0v) is 9.41. The monoisotopic (exact) mass is 218 g/mol. The zero-order chi connectivity index (χ0) is 12.0. The molecule has 1 rings (SSSR count). The lowest BCUT2D eigenvalue weighted by Gasteiger charge is -2.03. The number of rotatable bonds is 2. The van der Waals surface area contributed by atoms with Crippen molar-refractivity contribution in [1.29, 1.82) is 0 Å². The van der Waals surface area contributed by atoms with Gasteiger partial charge in [-0.05, 0) is 24.1 Å². The van der Waals surface area contributed by atoms with Crippen molar-refractivity contribution in [2.75, 3.05) is 7.11 Å². The minimum Gasteiger partial charge on any atom is -0.468 e. The summed E-state index contributed by atoms with van der Waals surface area (Å²) >= 11 is 0. The number of hydrogen-bond acceptors (Lipinski definition) is 3. The minimum atomic E-state index is -0.344. The maximum atomic E-state index is 10.8. The van der Waals surface area contributed by atoms with Crippen molar-refractivity contribution in [3.05, 3.63) is 34.9 Å². The SMILES string of the molecule is COC(=O)CC#Cc1cccc(CO)c1C. The maximum absolute atomic E-state index is 10.8. The molecule has 84 valence electrons. The van der Waals surface area contributed by atoms with E-state index in [1.54, 1.807) is 0 Å². The highest BCUT2D eigenvalue weighted by Crippen LogP contribution is 2.12. The fourth-order valence-corrected chi connectivity index (χ4v) is 1.27.